The van der Waals surface area contributed by atoms with E-state index in [1.807, 2.05) is 25.1 Å². The molecule has 0 saturated heterocycles. The second kappa shape index (κ2) is 12.1. The van der Waals surface area contributed by atoms with Crippen LogP contribution in [0.5, 0.6) is 17.2 Å². The van der Waals surface area contributed by atoms with Crippen LogP contribution in [0.3, 0.4) is 0 Å². The maximum Gasteiger partial charge on any atom is 0.306 e. The van der Waals surface area contributed by atoms with Crippen molar-refractivity contribution in [1.82, 2.24) is 14.5 Å². The molecule has 0 spiro atoms. The molecule has 13 heteroatoms. The van der Waals surface area contributed by atoms with Crippen LogP contribution in [0.1, 0.15) is 44.9 Å². The van der Waals surface area contributed by atoms with E-state index in [1.54, 1.807) is 24.7 Å². The number of para-hydroxylation sites is 1. The number of sulfone groups is 1. The number of aromatic amines is 1. The highest BCUT2D eigenvalue weighted by atomic mass is 32.2. The number of carbonyl (C=O) groups excluding carboxylic acids is 1. The third-order valence-corrected chi connectivity index (χ3v) is 9.61. The number of H-pyrrole nitrogens is 1. The Labute approximate surface area is 270 Å². The minimum absolute atomic E-state index is 0. The zero-order chi connectivity index (χ0) is 33.7. The van der Waals surface area contributed by atoms with Crippen LogP contribution in [0.25, 0.3) is 22.3 Å². The number of nitrogens with zero attached hydrogens (tertiary/aromatic N) is 2. The van der Waals surface area contributed by atoms with E-state index in [0.717, 1.165) is 23.4 Å². The van der Waals surface area contributed by atoms with Gasteiger partial charge in [0.2, 0.25) is 5.82 Å². The fraction of sp³-hybridized carbons (Fsp3) is 0.294. The van der Waals surface area contributed by atoms with Gasteiger partial charge in [-0.3, -0.25) is 4.79 Å². The number of nitrogens with one attached hydrogen (secondary N) is 1. The highest BCUT2D eigenvalue weighted by Gasteiger charge is 2.39. The summed E-state index contributed by atoms with van der Waals surface area (Å²) in [6.07, 6.45) is 5.16. The van der Waals surface area contributed by atoms with Crippen LogP contribution in [0.2, 0.25) is 0 Å². The van der Waals surface area contributed by atoms with Gasteiger partial charge in [0, 0.05) is 49.9 Å². The van der Waals surface area contributed by atoms with Crippen molar-refractivity contribution in [2.24, 2.45) is 7.05 Å². The maximum absolute atomic E-state index is 15.4. The number of halogens is 3. The lowest BCUT2D eigenvalue weighted by molar-refractivity contribution is -0.143. The molecule has 1 atom stereocenters. The number of esters is 1. The van der Waals surface area contributed by atoms with E-state index in [2.05, 4.69) is 4.98 Å². The van der Waals surface area contributed by atoms with Crippen LogP contribution in [-0.2, 0) is 38.3 Å². The van der Waals surface area contributed by atoms with Gasteiger partial charge < -0.3 is 23.8 Å². The third-order valence-electron chi connectivity index (χ3n) is 8.46. The van der Waals surface area contributed by atoms with Gasteiger partial charge in [-0.2, -0.15) is 4.39 Å². The van der Waals surface area contributed by atoms with Gasteiger partial charge in [-0.15, -0.1) is 0 Å². The Hall–Kier alpha value is -4.78. The second-order valence-electron chi connectivity index (χ2n) is 11.7. The number of aromatic nitrogens is 3. The van der Waals surface area contributed by atoms with E-state index in [4.69, 9.17) is 19.2 Å². The Morgan fingerprint density at radius 1 is 1.17 bits per heavy atom. The first kappa shape index (κ1) is 32.2. The number of hydrogen-bond donors (Lipinski definition) is 1. The third kappa shape index (κ3) is 5.73. The fourth-order valence-corrected chi connectivity index (χ4v) is 7.12. The van der Waals surface area contributed by atoms with Gasteiger partial charge in [-0.25, -0.2) is 22.2 Å². The summed E-state index contributed by atoms with van der Waals surface area (Å²) in [7, 11) is -2.39. The van der Waals surface area contributed by atoms with Crippen LogP contribution in [0.4, 0.5) is 13.2 Å². The second-order valence-corrected chi connectivity index (χ2v) is 13.6. The van der Waals surface area contributed by atoms with Crippen molar-refractivity contribution in [3.8, 4) is 28.6 Å². The lowest BCUT2D eigenvalue weighted by atomic mass is 9.74. The molecule has 0 fully saturated rings. The first-order valence-corrected chi connectivity index (χ1v) is 16.8. The number of hydrogen-bond acceptors (Lipinski definition) is 7. The minimum atomic E-state index is -4.10. The van der Waals surface area contributed by atoms with Crippen LogP contribution in [0, 0.1) is 17.5 Å². The fourth-order valence-electron chi connectivity index (χ4n) is 6.08. The molecule has 1 N–H and O–H groups in total. The molecule has 248 valence electrons. The Bertz CT molecular complexity index is 2150. The zero-order valence-corrected chi connectivity index (χ0v) is 26.9. The molecule has 47 heavy (non-hydrogen) atoms. The Morgan fingerprint density at radius 3 is 2.70 bits per heavy atom. The van der Waals surface area contributed by atoms with Gasteiger partial charge in [-0.05, 0) is 56.5 Å². The summed E-state index contributed by atoms with van der Waals surface area (Å²) in [4.78, 5) is 18.8. The first-order valence-electron chi connectivity index (χ1n) is 14.9. The Balaban J connectivity index is 0.00000451. The van der Waals surface area contributed by atoms with Crippen molar-refractivity contribution in [3.63, 3.8) is 0 Å². The molecule has 2 aromatic heterocycles. The average molecular weight is 670 g/mol. The summed E-state index contributed by atoms with van der Waals surface area (Å²) in [5, 5.41) is -0.0773. The van der Waals surface area contributed by atoms with E-state index in [9.17, 15) is 17.6 Å². The van der Waals surface area contributed by atoms with E-state index in [0.29, 0.717) is 37.5 Å². The van der Waals surface area contributed by atoms with Gasteiger partial charge >= 0.3 is 5.97 Å². The van der Waals surface area contributed by atoms with Gasteiger partial charge in [-0.1, -0.05) is 18.2 Å². The largest absolute Gasteiger partial charge is 0.493 e. The highest BCUT2D eigenvalue weighted by molar-refractivity contribution is 7.91. The summed E-state index contributed by atoms with van der Waals surface area (Å²) >= 11 is 0. The van der Waals surface area contributed by atoms with E-state index in [-0.39, 0.29) is 41.9 Å². The van der Waals surface area contributed by atoms with Crippen molar-refractivity contribution >= 4 is 26.7 Å². The van der Waals surface area contributed by atoms with Gasteiger partial charge in [0.15, 0.2) is 21.4 Å². The summed E-state index contributed by atoms with van der Waals surface area (Å²) in [6.45, 7) is 4.47. The van der Waals surface area contributed by atoms with Crippen LogP contribution < -0.4 is 9.47 Å². The number of aryl methyl sites for hydroxylation is 2. The summed E-state index contributed by atoms with van der Waals surface area (Å²) in [6, 6.07) is 10.6. The molecule has 5 aromatic rings. The van der Waals surface area contributed by atoms with Crippen LogP contribution in [0.15, 0.2) is 59.8 Å². The summed E-state index contributed by atoms with van der Waals surface area (Å²) in [5.74, 6) is -3.82. The molecule has 0 amide bonds. The van der Waals surface area contributed by atoms with Crippen molar-refractivity contribution in [2.75, 3.05) is 19.5 Å². The molecule has 0 radical (unpaired) electrons. The number of benzene rings is 3. The molecule has 6 rings (SSSR count). The van der Waals surface area contributed by atoms with E-state index < -0.39 is 43.3 Å². The molecule has 1 aliphatic rings. The number of ether oxygens (including phenoxy) is 3. The number of carbonyl (C=O) groups is 1. The first-order chi connectivity index (χ1) is 22.3. The van der Waals surface area contributed by atoms with E-state index in [1.165, 1.54) is 24.4 Å². The molecular weight excluding hydrogens is 635 g/mol. The lowest BCUT2D eigenvalue weighted by Gasteiger charge is -2.35. The minimum Gasteiger partial charge on any atom is -0.493 e. The van der Waals surface area contributed by atoms with Crippen LogP contribution in [-0.4, -0.2) is 48.4 Å². The molecular formula is C34H34F3N3O6S. The normalized spacial score (nSPS) is 16.1. The zero-order valence-electron chi connectivity index (χ0n) is 26.1. The van der Waals surface area contributed by atoms with Crippen molar-refractivity contribution < 1.29 is 42.0 Å². The van der Waals surface area contributed by atoms with E-state index >= 15 is 8.78 Å². The molecule has 0 aliphatic carbocycles. The predicted octanol–water partition coefficient (Wildman–Crippen LogP) is 7.01. The quantitative estimate of drug-likeness (QED) is 0.133. The predicted molar refractivity (Wildman–Crippen MR) is 170 cm³/mol. The number of fused-ring (bicyclic) bond motifs is 2. The van der Waals surface area contributed by atoms with Crippen molar-refractivity contribution in [2.45, 2.75) is 43.4 Å². The van der Waals surface area contributed by atoms with Crippen molar-refractivity contribution in [1.29, 1.82) is 0 Å². The van der Waals surface area contributed by atoms with Crippen LogP contribution >= 0.6 is 0 Å². The smallest absolute Gasteiger partial charge is 0.306 e. The molecule has 1 aliphatic heterocycles. The monoisotopic (exact) mass is 669 g/mol. The Morgan fingerprint density at radius 2 is 1.96 bits per heavy atom. The maximum atomic E-state index is 15.4. The molecule has 0 bridgehead atoms. The summed E-state index contributed by atoms with van der Waals surface area (Å²) < 4.78 is 89.5. The molecule has 0 saturated carbocycles. The SMILES string of the molecule is CCOC(=O)CCc1cccc2c1OCCC2(C)c1cn(C)c(-c2cc(Oc3c(F)c(F)c4[nH]ccc4c3S(C)(=O)=O)ccc2F)n1.[HH]. The standard InChI is InChI=1S/C34H32F3N3O6S.H2/c1-5-44-26(41)12-9-19-7-6-8-23-30(19)45-16-14-34(23,2)25-18-40(3)33(39-25)22-17-20(10-11-24(22)35)46-31-28(37)27(36)29-21(13-15-38-29)32(31)47(4,42)43;/h6-8,10-11,13,15,17-18,38H,5,9,12,14,16H2,1-4H3;1H. The lowest BCUT2D eigenvalue weighted by Crippen LogP contribution is -2.32. The topological polar surface area (TPSA) is 113 Å². The summed E-state index contributed by atoms with van der Waals surface area (Å²) in [5.41, 5.74) is 1.43. The van der Waals surface area contributed by atoms with Crippen molar-refractivity contribution in [3.05, 3.63) is 89.1 Å². The molecule has 3 aromatic carbocycles. The average Bonchev–Trinajstić information content (AvgIpc) is 3.67. The molecule has 3 heterocycles. The highest BCUT2D eigenvalue weighted by Crippen LogP contribution is 2.46. The van der Waals surface area contributed by atoms with Gasteiger partial charge in [0.1, 0.15) is 28.0 Å². The molecule has 9 nitrogen and oxygen atoms in total. The molecule has 1 unspecified atom stereocenters. The van der Waals surface area contributed by atoms with Gasteiger partial charge in [0.25, 0.3) is 0 Å². The number of rotatable bonds is 9. The Kier molecular flexibility index (Phi) is 8.29. The van der Waals surface area contributed by atoms with Gasteiger partial charge in [0.05, 0.1) is 30.0 Å². The number of imidazole rings is 1.